The molecule has 0 heterocycles. The molecule has 0 fully saturated rings. The third-order valence-corrected chi connectivity index (χ3v) is 3.30. The maximum atomic E-state index is 3.49. The summed E-state index contributed by atoms with van der Waals surface area (Å²) in [6.45, 7) is 12.4. The average Bonchev–Trinajstić information content (AvgIpc) is 2.01. The van der Waals surface area contributed by atoms with Crippen LogP contribution in [0.4, 0.5) is 0 Å². The highest BCUT2D eigenvalue weighted by Crippen LogP contribution is 2.10. The molecular weight excluding hydrogens is 178 g/mol. The highest BCUT2D eigenvalue weighted by atomic mass is 32.2. The molecule has 2 heteroatoms. The molecule has 0 aliphatic heterocycles. The lowest BCUT2D eigenvalue weighted by atomic mass is 10.1. The zero-order valence-electron chi connectivity index (χ0n) is 9.81. The maximum Gasteiger partial charge on any atom is 0.00968 e. The van der Waals surface area contributed by atoms with Gasteiger partial charge in [0.05, 0.1) is 0 Å². The van der Waals surface area contributed by atoms with Gasteiger partial charge >= 0.3 is 0 Å². The SMILES string of the molecule is CCC(C)CSCCNC(C)(C)C. The molecule has 0 aliphatic carbocycles. The third-order valence-electron chi connectivity index (χ3n) is 2.00. The average molecular weight is 203 g/mol. The van der Waals surface area contributed by atoms with Gasteiger partial charge in [-0.3, -0.25) is 0 Å². The van der Waals surface area contributed by atoms with Crippen LogP contribution in [0, 0.1) is 5.92 Å². The lowest BCUT2D eigenvalue weighted by Crippen LogP contribution is -2.37. The number of hydrogen-bond acceptors (Lipinski definition) is 2. The van der Waals surface area contributed by atoms with Crippen molar-refractivity contribution in [2.24, 2.45) is 5.92 Å². The molecule has 1 N–H and O–H groups in total. The molecule has 0 rings (SSSR count). The van der Waals surface area contributed by atoms with Crippen molar-refractivity contribution in [3.05, 3.63) is 0 Å². The molecule has 0 saturated heterocycles. The lowest BCUT2D eigenvalue weighted by Gasteiger charge is -2.20. The second-order valence-corrected chi connectivity index (χ2v) is 5.91. The van der Waals surface area contributed by atoms with Crippen LogP contribution in [0.1, 0.15) is 41.0 Å². The Morgan fingerprint density at radius 3 is 2.38 bits per heavy atom. The number of thioether (sulfide) groups is 1. The topological polar surface area (TPSA) is 12.0 Å². The molecule has 1 atom stereocenters. The van der Waals surface area contributed by atoms with Crippen LogP contribution in [0.5, 0.6) is 0 Å². The van der Waals surface area contributed by atoms with Crippen LogP contribution < -0.4 is 5.32 Å². The highest BCUT2D eigenvalue weighted by molar-refractivity contribution is 7.99. The Labute approximate surface area is 88.1 Å². The van der Waals surface area contributed by atoms with Crippen molar-refractivity contribution in [3.63, 3.8) is 0 Å². The van der Waals surface area contributed by atoms with Gasteiger partial charge in [-0.1, -0.05) is 20.3 Å². The monoisotopic (exact) mass is 203 g/mol. The first-order valence-corrected chi connectivity index (χ1v) is 6.44. The summed E-state index contributed by atoms with van der Waals surface area (Å²) in [4.78, 5) is 0. The fourth-order valence-corrected chi connectivity index (χ4v) is 1.95. The predicted molar refractivity (Wildman–Crippen MR) is 64.5 cm³/mol. The van der Waals surface area contributed by atoms with Gasteiger partial charge in [0.2, 0.25) is 0 Å². The Bertz CT molecular complexity index is 118. The fourth-order valence-electron chi connectivity index (χ4n) is 0.901. The predicted octanol–water partition coefficient (Wildman–Crippen LogP) is 3.15. The Morgan fingerprint density at radius 2 is 1.92 bits per heavy atom. The summed E-state index contributed by atoms with van der Waals surface area (Å²) in [5, 5.41) is 3.49. The van der Waals surface area contributed by atoms with E-state index in [-0.39, 0.29) is 5.54 Å². The lowest BCUT2D eigenvalue weighted by molar-refractivity contribution is 0.441. The largest absolute Gasteiger partial charge is 0.311 e. The molecule has 0 aromatic rings. The van der Waals surface area contributed by atoms with Crippen LogP contribution in [0.3, 0.4) is 0 Å². The van der Waals surface area contributed by atoms with Crippen LogP contribution in [-0.2, 0) is 0 Å². The van der Waals surface area contributed by atoms with Crippen LogP contribution in [0.2, 0.25) is 0 Å². The molecule has 0 radical (unpaired) electrons. The van der Waals surface area contributed by atoms with Crippen molar-refractivity contribution in [3.8, 4) is 0 Å². The van der Waals surface area contributed by atoms with Gasteiger partial charge in [0, 0.05) is 17.8 Å². The molecule has 0 aromatic carbocycles. The van der Waals surface area contributed by atoms with E-state index >= 15 is 0 Å². The van der Waals surface area contributed by atoms with E-state index in [9.17, 15) is 0 Å². The Kier molecular flexibility index (Phi) is 6.88. The summed E-state index contributed by atoms with van der Waals surface area (Å²) in [6, 6.07) is 0. The number of nitrogens with one attached hydrogen (secondary N) is 1. The van der Waals surface area contributed by atoms with Crippen molar-refractivity contribution in [2.75, 3.05) is 18.1 Å². The summed E-state index contributed by atoms with van der Waals surface area (Å²) in [7, 11) is 0. The summed E-state index contributed by atoms with van der Waals surface area (Å²) in [6.07, 6.45) is 1.31. The standard InChI is InChI=1S/C11H25NS/c1-6-10(2)9-13-8-7-12-11(3,4)5/h10,12H,6-9H2,1-5H3. The zero-order valence-corrected chi connectivity index (χ0v) is 10.6. The Balaban J connectivity index is 3.18. The molecule has 0 amide bonds. The molecule has 1 nitrogen and oxygen atoms in total. The minimum absolute atomic E-state index is 0.275. The van der Waals surface area contributed by atoms with Gasteiger partial charge in [0.15, 0.2) is 0 Å². The highest BCUT2D eigenvalue weighted by Gasteiger charge is 2.07. The van der Waals surface area contributed by atoms with Crippen molar-refractivity contribution in [2.45, 2.75) is 46.6 Å². The Hall–Kier alpha value is 0.310. The van der Waals surface area contributed by atoms with Crippen molar-refractivity contribution in [1.29, 1.82) is 0 Å². The first-order chi connectivity index (χ1) is 5.95. The molecule has 0 spiro atoms. The molecule has 80 valence electrons. The molecule has 1 unspecified atom stereocenters. The van der Waals surface area contributed by atoms with Crippen LogP contribution in [-0.4, -0.2) is 23.6 Å². The quantitative estimate of drug-likeness (QED) is 0.666. The van der Waals surface area contributed by atoms with Gasteiger partial charge in [0.1, 0.15) is 0 Å². The third kappa shape index (κ3) is 10.2. The Morgan fingerprint density at radius 1 is 1.31 bits per heavy atom. The first-order valence-electron chi connectivity index (χ1n) is 5.28. The van der Waals surface area contributed by atoms with Crippen LogP contribution in [0.25, 0.3) is 0 Å². The van der Waals surface area contributed by atoms with Gasteiger partial charge in [-0.25, -0.2) is 0 Å². The number of rotatable bonds is 6. The van der Waals surface area contributed by atoms with E-state index in [0.29, 0.717) is 0 Å². The van der Waals surface area contributed by atoms with Crippen LogP contribution >= 0.6 is 11.8 Å². The minimum Gasteiger partial charge on any atom is -0.311 e. The smallest absolute Gasteiger partial charge is 0.00968 e. The van der Waals surface area contributed by atoms with E-state index in [2.05, 4.69) is 51.7 Å². The van der Waals surface area contributed by atoms with Crippen molar-refractivity contribution in [1.82, 2.24) is 5.32 Å². The molecule has 0 aromatic heterocycles. The van der Waals surface area contributed by atoms with Gasteiger partial charge < -0.3 is 5.32 Å². The van der Waals surface area contributed by atoms with Crippen LogP contribution in [0.15, 0.2) is 0 Å². The van der Waals surface area contributed by atoms with Gasteiger partial charge in [0.25, 0.3) is 0 Å². The van der Waals surface area contributed by atoms with E-state index in [4.69, 9.17) is 0 Å². The van der Waals surface area contributed by atoms with Crippen molar-refractivity contribution < 1.29 is 0 Å². The molecule has 13 heavy (non-hydrogen) atoms. The second kappa shape index (κ2) is 6.72. The molecule has 0 saturated carbocycles. The van der Waals surface area contributed by atoms with E-state index in [0.717, 1.165) is 12.5 Å². The summed E-state index contributed by atoms with van der Waals surface area (Å²) >= 11 is 2.06. The zero-order chi connectivity index (χ0) is 10.3. The molecular formula is C11H25NS. The summed E-state index contributed by atoms with van der Waals surface area (Å²) in [5.41, 5.74) is 0.275. The van der Waals surface area contributed by atoms with Gasteiger partial charge in [-0.05, 0) is 32.4 Å². The minimum atomic E-state index is 0.275. The van der Waals surface area contributed by atoms with E-state index in [1.54, 1.807) is 0 Å². The first kappa shape index (κ1) is 13.3. The van der Waals surface area contributed by atoms with E-state index < -0.39 is 0 Å². The van der Waals surface area contributed by atoms with E-state index in [1.165, 1.54) is 17.9 Å². The second-order valence-electron chi connectivity index (χ2n) is 4.77. The van der Waals surface area contributed by atoms with Crippen molar-refractivity contribution >= 4 is 11.8 Å². The normalized spacial score (nSPS) is 14.5. The summed E-state index contributed by atoms with van der Waals surface area (Å²) in [5.74, 6) is 3.42. The summed E-state index contributed by atoms with van der Waals surface area (Å²) < 4.78 is 0. The number of hydrogen-bond donors (Lipinski definition) is 1. The maximum absolute atomic E-state index is 3.49. The fraction of sp³-hybridized carbons (Fsp3) is 1.00. The van der Waals surface area contributed by atoms with Gasteiger partial charge in [-0.15, -0.1) is 0 Å². The van der Waals surface area contributed by atoms with E-state index in [1.807, 2.05) is 0 Å². The van der Waals surface area contributed by atoms with Gasteiger partial charge in [-0.2, -0.15) is 11.8 Å². The molecule has 0 bridgehead atoms. The molecule has 0 aliphatic rings.